The summed E-state index contributed by atoms with van der Waals surface area (Å²) in [5.74, 6) is -1.87. The largest absolute Gasteiger partial charge is 0.361 e. The summed E-state index contributed by atoms with van der Waals surface area (Å²) >= 11 is 6.46. The van der Waals surface area contributed by atoms with Crippen LogP contribution in [-0.4, -0.2) is 11.8 Å². The lowest BCUT2D eigenvalue weighted by Crippen LogP contribution is -2.29. The van der Waals surface area contributed by atoms with Crippen molar-refractivity contribution in [3.05, 3.63) is 27.1 Å². The molecule has 0 saturated carbocycles. The molecule has 0 saturated heterocycles. The smallest absolute Gasteiger partial charge is 0.313 e. The van der Waals surface area contributed by atoms with Crippen molar-refractivity contribution in [1.29, 1.82) is 0 Å². The van der Waals surface area contributed by atoms with Gasteiger partial charge < -0.3 is 11.1 Å². The van der Waals surface area contributed by atoms with Gasteiger partial charge in [0.1, 0.15) is 0 Å². The molecule has 2 amide bonds. The number of hydrogen-bond acceptors (Lipinski definition) is 2. The van der Waals surface area contributed by atoms with Crippen molar-refractivity contribution in [2.45, 2.75) is 0 Å². The van der Waals surface area contributed by atoms with Crippen molar-refractivity contribution < 1.29 is 9.59 Å². The van der Waals surface area contributed by atoms with Crippen molar-refractivity contribution in [3.8, 4) is 0 Å². The minimum atomic E-state index is -1.02. The predicted octanol–water partition coefficient (Wildman–Crippen LogP) is 1.64. The van der Waals surface area contributed by atoms with Crippen LogP contribution in [0.25, 0.3) is 0 Å². The molecule has 0 aliphatic rings. The zero-order valence-electron chi connectivity index (χ0n) is 6.88. The van der Waals surface area contributed by atoms with Crippen molar-refractivity contribution in [1.82, 2.24) is 0 Å². The van der Waals surface area contributed by atoms with Gasteiger partial charge in [0.2, 0.25) is 0 Å². The van der Waals surface area contributed by atoms with Gasteiger partial charge in [0.15, 0.2) is 0 Å². The standard InChI is InChI=1S/C8H6Br2N2O2/c9-4-2-1-3-5(10)6(4)12-8(14)7(11)13/h1-3H,(H2,11,13)(H,12,14). The zero-order valence-corrected chi connectivity index (χ0v) is 10.1. The number of anilines is 1. The summed E-state index contributed by atoms with van der Waals surface area (Å²) in [4.78, 5) is 21.5. The van der Waals surface area contributed by atoms with E-state index in [1.54, 1.807) is 18.2 Å². The van der Waals surface area contributed by atoms with E-state index in [0.29, 0.717) is 14.6 Å². The minimum absolute atomic E-state index is 0.483. The van der Waals surface area contributed by atoms with Crippen LogP contribution in [0.4, 0.5) is 5.69 Å². The minimum Gasteiger partial charge on any atom is -0.361 e. The second-order valence-corrected chi connectivity index (χ2v) is 4.12. The van der Waals surface area contributed by atoms with E-state index in [9.17, 15) is 9.59 Å². The summed E-state index contributed by atoms with van der Waals surface area (Å²) in [7, 11) is 0. The monoisotopic (exact) mass is 320 g/mol. The van der Waals surface area contributed by atoms with Crippen molar-refractivity contribution in [3.63, 3.8) is 0 Å². The fourth-order valence-corrected chi connectivity index (χ4v) is 1.99. The molecule has 74 valence electrons. The van der Waals surface area contributed by atoms with E-state index >= 15 is 0 Å². The quantitative estimate of drug-likeness (QED) is 0.772. The second kappa shape index (κ2) is 4.56. The van der Waals surface area contributed by atoms with Crippen LogP contribution >= 0.6 is 31.9 Å². The average molecular weight is 322 g/mol. The zero-order chi connectivity index (χ0) is 10.7. The van der Waals surface area contributed by atoms with E-state index in [2.05, 4.69) is 37.2 Å². The van der Waals surface area contributed by atoms with Gasteiger partial charge in [0.25, 0.3) is 0 Å². The topological polar surface area (TPSA) is 72.2 Å². The number of benzene rings is 1. The highest BCUT2D eigenvalue weighted by Crippen LogP contribution is 2.30. The number of carbonyl (C=O) groups is 2. The van der Waals surface area contributed by atoms with Crippen LogP contribution < -0.4 is 11.1 Å². The van der Waals surface area contributed by atoms with Crippen LogP contribution in [0.5, 0.6) is 0 Å². The number of carbonyl (C=O) groups excluding carboxylic acids is 2. The van der Waals surface area contributed by atoms with Crippen molar-refractivity contribution in [2.24, 2.45) is 5.73 Å². The molecule has 0 fully saturated rings. The highest BCUT2D eigenvalue weighted by molar-refractivity contribution is 9.11. The molecule has 0 aliphatic carbocycles. The van der Waals surface area contributed by atoms with Crippen molar-refractivity contribution in [2.75, 3.05) is 5.32 Å². The Morgan fingerprint density at radius 3 is 2.14 bits per heavy atom. The molecular formula is C8H6Br2N2O2. The predicted molar refractivity (Wildman–Crippen MR) is 59.7 cm³/mol. The Bertz CT molecular complexity index is 373. The molecule has 4 nitrogen and oxygen atoms in total. The fraction of sp³-hybridized carbons (Fsp3) is 0. The van der Waals surface area contributed by atoms with E-state index in [1.807, 2.05) is 0 Å². The van der Waals surface area contributed by atoms with Gasteiger partial charge >= 0.3 is 11.8 Å². The van der Waals surface area contributed by atoms with E-state index < -0.39 is 11.8 Å². The maximum Gasteiger partial charge on any atom is 0.313 e. The summed E-state index contributed by atoms with van der Waals surface area (Å²) < 4.78 is 1.34. The third kappa shape index (κ3) is 2.55. The molecule has 0 aromatic heterocycles. The lowest BCUT2D eigenvalue weighted by molar-refractivity contribution is -0.134. The van der Waals surface area contributed by atoms with Gasteiger partial charge in [-0.1, -0.05) is 6.07 Å². The first kappa shape index (κ1) is 11.2. The van der Waals surface area contributed by atoms with Gasteiger partial charge in [0, 0.05) is 8.95 Å². The van der Waals surface area contributed by atoms with Crippen LogP contribution in [0.1, 0.15) is 0 Å². The van der Waals surface area contributed by atoms with Crippen LogP contribution in [0.2, 0.25) is 0 Å². The lowest BCUT2D eigenvalue weighted by atomic mass is 10.3. The molecule has 0 spiro atoms. The lowest BCUT2D eigenvalue weighted by Gasteiger charge is -2.07. The van der Waals surface area contributed by atoms with Gasteiger partial charge in [-0.2, -0.15) is 0 Å². The molecule has 1 aromatic rings. The summed E-state index contributed by atoms with van der Waals surface area (Å²) in [5, 5.41) is 2.37. The number of primary amides is 1. The van der Waals surface area contributed by atoms with E-state index in [1.165, 1.54) is 0 Å². The summed E-state index contributed by atoms with van der Waals surface area (Å²) in [5.41, 5.74) is 5.29. The van der Waals surface area contributed by atoms with Crippen molar-refractivity contribution >= 4 is 49.4 Å². The highest BCUT2D eigenvalue weighted by Gasteiger charge is 2.12. The number of hydrogen-bond donors (Lipinski definition) is 2. The van der Waals surface area contributed by atoms with E-state index in [0.717, 1.165) is 0 Å². The van der Waals surface area contributed by atoms with E-state index in [4.69, 9.17) is 5.73 Å². The van der Waals surface area contributed by atoms with Crippen LogP contribution in [0.3, 0.4) is 0 Å². The SMILES string of the molecule is NC(=O)C(=O)Nc1c(Br)cccc1Br. The molecule has 0 atom stereocenters. The normalized spacial score (nSPS) is 9.57. The molecule has 1 aromatic carbocycles. The van der Waals surface area contributed by atoms with E-state index in [-0.39, 0.29) is 0 Å². The van der Waals surface area contributed by atoms with Crippen LogP contribution in [-0.2, 0) is 9.59 Å². The molecule has 0 bridgehead atoms. The summed E-state index contributed by atoms with van der Waals surface area (Å²) in [6.07, 6.45) is 0. The van der Waals surface area contributed by atoms with Gasteiger partial charge in [-0.15, -0.1) is 0 Å². The maximum atomic E-state index is 11.0. The number of nitrogens with one attached hydrogen (secondary N) is 1. The molecule has 6 heteroatoms. The van der Waals surface area contributed by atoms with Gasteiger partial charge in [0.05, 0.1) is 5.69 Å². The number of rotatable bonds is 1. The maximum absolute atomic E-state index is 11.0. The average Bonchev–Trinajstić information content (AvgIpc) is 2.11. The second-order valence-electron chi connectivity index (χ2n) is 2.42. The number of amides is 2. The molecule has 14 heavy (non-hydrogen) atoms. The third-order valence-electron chi connectivity index (χ3n) is 1.43. The molecule has 0 radical (unpaired) electrons. The Kier molecular flexibility index (Phi) is 3.65. The molecule has 3 N–H and O–H groups in total. The van der Waals surface area contributed by atoms with Crippen LogP contribution in [0, 0.1) is 0 Å². The van der Waals surface area contributed by atoms with Crippen LogP contribution in [0.15, 0.2) is 27.1 Å². The van der Waals surface area contributed by atoms with Gasteiger partial charge in [-0.3, -0.25) is 9.59 Å². The Balaban J connectivity index is 2.97. The highest BCUT2D eigenvalue weighted by atomic mass is 79.9. The Labute approximate surface area is 97.1 Å². The molecule has 0 heterocycles. The summed E-state index contributed by atoms with van der Waals surface area (Å²) in [6.45, 7) is 0. The number of nitrogens with two attached hydrogens (primary N) is 1. The first-order valence-corrected chi connectivity index (χ1v) is 5.15. The third-order valence-corrected chi connectivity index (χ3v) is 2.75. The Morgan fingerprint density at radius 2 is 1.71 bits per heavy atom. The number of para-hydroxylation sites is 1. The Morgan fingerprint density at radius 1 is 1.21 bits per heavy atom. The summed E-state index contributed by atoms with van der Waals surface area (Å²) in [6, 6.07) is 5.26. The number of halogens is 2. The van der Waals surface area contributed by atoms with Gasteiger partial charge in [-0.25, -0.2) is 0 Å². The Hall–Kier alpha value is -0.880. The first-order chi connectivity index (χ1) is 6.52. The molecule has 1 rings (SSSR count). The fourth-order valence-electron chi connectivity index (χ4n) is 0.792. The molecular weight excluding hydrogens is 316 g/mol. The molecule has 0 aliphatic heterocycles. The first-order valence-electron chi connectivity index (χ1n) is 3.57. The molecule has 0 unspecified atom stereocenters. The van der Waals surface area contributed by atoms with Gasteiger partial charge in [-0.05, 0) is 44.0 Å².